The van der Waals surface area contributed by atoms with Gasteiger partial charge in [-0.2, -0.15) is 0 Å². The Morgan fingerprint density at radius 3 is 2.75 bits per heavy atom. The molecule has 0 atom stereocenters. The zero-order valence-electron chi connectivity index (χ0n) is 7.34. The molecule has 0 aliphatic heterocycles. The van der Waals surface area contributed by atoms with Crippen molar-refractivity contribution in [2.45, 2.75) is 12.8 Å². The van der Waals surface area contributed by atoms with E-state index in [1.807, 2.05) is 0 Å². The van der Waals surface area contributed by atoms with Crippen molar-refractivity contribution < 1.29 is 14.3 Å². The Morgan fingerprint density at radius 1 is 1.50 bits per heavy atom. The molecule has 0 saturated heterocycles. The van der Waals surface area contributed by atoms with Crippen LogP contribution in [-0.2, 0) is 9.47 Å². The van der Waals surface area contributed by atoms with E-state index in [4.69, 9.17) is 9.47 Å². The van der Waals surface area contributed by atoms with Gasteiger partial charge in [-0.3, -0.25) is 0 Å². The maximum atomic E-state index is 10.5. The van der Waals surface area contributed by atoms with Crippen LogP contribution in [0.4, 0.5) is 4.79 Å². The average molecular weight is 173 g/mol. The van der Waals surface area contributed by atoms with Crippen molar-refractivity contribution in [3.05, 3.63) is 12.8 Å². The Morgan fingerprint density at radius 2 is 2.17 bits per heavy atom. The number of ether oxygens (including phenoxy) is 2. The largest absolute Gasteiger partial charge is 0.502 e. The molecule has 1 N–H and O–H groups in total. The normalized spacial score (nSPS) is 8.75. The van der Waals surface area contributed by atoms with E-state index >= 15 is 0 Å². The molecule has 0 aromatic rings. The summed E-state index contributed by atoms with van der Waals surface area (Å²) in [5.74, 6) is 0. The number of alkyl carbamates (subject to hydrolysis) is 1. The van der Waals surface area contributed by atoms with Crippen molar-refractivity contribution in [3.8, 4) is 0 Å². The van der Waals surface area contributed by atoms with Gasteiger partial charge in [0.25, 0.3) is 0 Å². The SMILES string of the molecule is C=COCCCCOC(=O)NC. The van der Waals surface area contributed by atoms with Crippen molar-refractivity contribution in [3.63, 3.8) is 0 Å². The molecule has 0 unspecified atom stereocenters. The number of amides is 1. The second-order valence-corrected chi connectivity index (χ2v) is 2.13. The maximum Gasteiger partial charge on any atom is 0.406 e. The van der Waals surface area contributed by atoms with Crippen molar-refractivity contribution in [2.75, 3.05) is 20.3 Å². The van der Waals surface area contributed by atoms with Crippen LogP contribution in [0.2, 0.25) is 0 Å². The summed E-state index contributed by atoms with van der Waals surface area (Å²) in [4.78, 5) is 10.5. The Labute approximate surface area is 72.5 Å². The molecule has 0 aliphatic carbocycles. The molecule has 0 heterocycles. The summed E-state index contributed by atoms with van der Waals surface area (Å²) < 4.78 is 9.61. The molecule has 12 heavy (non-hydrogen) atoms. The van der Waals surface area contributed by atoms with Crippen LogP contribution in [-0.4, -0.2) is 26.4 Å². The molecule has 0 aromatic carbocycles. The van der Waals surface area contributed by atoms with Crippen LogP contribution in [0.1, 0.15) is 12.8 Å². The number of nitrogens with one attached hydrogen (secondary N) is 1. The van der Waals surface area contributed by atoms with E-state index in [1.54, 1.807) is 0 Å². The van der Waals surface area contributed by atoms with Crippen molar-refractivity contribution >= 4 is 6.09 Å². The number of carbonyl (C=O) groups is 1. The maximum absolute atomic E-state index is 10.5. The van der Waals surface area contributed by atoms with Crippen molar-refractivity contribution in [2.24, 2.45) is 0 Å². The van der Waals surface area contributed by atoms with Crippen LogP contribution < -0.4 is 5.32 Å². The highest BCUT2D eigenvalue weighted by Crippen LogP contribution is 1.91. The third-order valence-corrected chi connectivity index (χ3v) is 1.21. The lowest BCUT2D eigenvalue weighted by Gasteiger charge is -2.03. The summed E-state index contributed by atoms with van der Waals surface area (Å²) in [7, 11) is 1.53. The number of unbranched alkanes of at least 4 members (excludes halogenated alkanes) is 1. The first-order valence-electron chi connectivity index (χ1n) is 3.88. The smallest absolute Gasteiger partial charge is 0.406 e. The van der Waals surface area contributed by atoms with Gasteiger partial charge in [0.1, 0.15) is 0 Å². The topological polar surface area (TPSA) is 47.6 Å². The molecule has 4 heteroatoms. The first kappa shape index (κ1) is 10.8. The van der Waals surface area contributed by atoms with E-state index in [1.165, 1.54) is 13.3 Å². The summed E-state index contributed by atoms with van der Waals surface area (Å²) in [5.41, 5.74) is 0. The van der Waals surface area contributed by atoms with Crippen LogP contribution >= 0.6 is 0 Å². The minimum atomic E-state index is -0.389. The molecule has 0 spiro atoms. The van der Waals surface area contributed by atoms with Gasteiger partial charge in [0.15, 0.2) is 0 Å². The summed E-state index contributed by atoms with van der Waals surface area (Å²) in [6.07, 6.45) is 2.68. The molecule has 0 aliphatic rings. The van der Waals surface area contributed by atoms with Crippen LogP contribution in [0.15, 0.2) is 12.8 Å². The second kappa shape index (κ2) is 7.91. The molecular formula is C8H15NO3. The van der Waals surface area contributed by atoms with Gasteiger partial charge in [-0.25, -0.2) is 4.79 Å². The minimum absolute atomic E-state index is 0.389. The zero-order chi connectivity index (χ0) is 9.23. The molecule has 4 nitrogen and oxygen atoms in total. The Balaban J connectivity index is 3.00. The summed E-state index contributed by atoms with van der Waals surface area (Å²) in [6.45, 7) is 4.46. The van der Waals surface area contributed by atoms with E-state index in [0.29, 0.717) is 13.2 Å². The number of hydrogen-bond donors (Lipinski definition) is 1. The predicted molar refractivity (Wildman–Crippen MR) is 45.8 cm³/mol. The molecule has 1 amide bonds. The highest BCUT2D eigenvalue weighted by Gasteiger charge is 1.95. The van der Waals surface area contributed by atoms with E-state index in [2.05, 4.69) is 11.9 Å². The standard InChI is InChI=1S/C8H15NO3/c1-3-11-6-4-5-7-12-8(10)9-2/h3H,1,4-7H2,2H3,(H,9,10). The molecular weight excluding hydrogens is 158 g/mol. The average Bonchev–Trinajstić information content (AvgIpc) is 2.10. The highest BCUT2D eigenvalue weighted by atomic mass is 16.5. The summed E-state index contributed by atoms with van der Waals surface area (Å²) in [6, 6.07) is 0. The molecule has 0 fully saturated rings. The third kappa shape index (κ3) is 6.92. The van der Waals surface area contributed by atoms with Gasteiger partial charge in [0.05, 0.1) is 19.5 Å². The Hall–Kier alpha value is -1.19. The van der Waals surface area contributed by atoms with Crippen LogP contribution in [0.25, 0.3) is 0 Å². The van der Waals surface area contributed by atoms with Crippen LogP contribution in [0, 0.1) is 0 Å². The summed E-state index contributed by atoms with van der Waals surface area (Å²) >= 11 is 0. The molecule has 0 bridgehead atoms. The van der Waals surface area contributed by atoms with Gasteiger partial charge in [0.2, 0.25) is 0 Å². The van der Waals surface area contributed by atoms with E-state index < -0.39 is 0 Å². The zero-order valence-corrected chi connectivity index (χ0v) is 7.34. The lowest BCUT2D eigenvalue weighted by Crippen LogP contribution is -2.19. The minimum Gasteiger partial charge on any atom is -0.502 e. The lowest BCUT2D eigenvalue weighted by molar-refractivity contribution is 0.142. The molecule has 0 radical (unpaired) electrons. The van der Waals surface area contributed by atoms with Crippen molar-refractivity contribution in [1.29, 1.82) is 0 Å². The lowest BCUT2D eigenvalue weighted by atomic mass is 10.3. The second-order valence-electron chi connectivity index (χ2n) is 2.13. The monoisotopic (exact) mass is 173 g/mol. The number of carbonyl (C=O) groups excluding carboxylic acids is 1. The third-order valence-electron chi connectivity index (χ3n) is 1.21. The van der Waals surface area contributed by atoms with Gasteiger partial charge in [-0.15, -0.1) is 0 Å². The van der Waals surface area contributed by atoms with Gasteiger partial charge < -0.3 is 14.8 Å². The Kier molecular flexibility index (Phi) is 7.13. The van der Waals surface area contributed by atoms with Gasteiger partial charge in [0, 0.05) is 7.05 Å². The van der Waals surface area contributed by atoms with E-state index in [0.717, 1.165) is 12.8 Å². The molecule has 0 aromatic heterocycles. The Bertz CT molecular complexity index is 136. The summed E-state index contributed by atoms with van der Waals surface area (Å²) in [5, 5.41) is 2.36. The first-order valence-corrected chi connectivity index (χ1v) is 3.88. The molecule has 70 valence electrons. The highest BCUT2D eigenvalue weighted by molar-refractivity contribution is 5.66. The predicted octanol–water partition coefficient (Wildman–Crippen LogP) is 1.28. The van der Waals surface area contributed by atoms with Crippen LogP contribution in [0.5, 0.6) is 0 Å². The fraction of sp³-hybridized carbons (Fsp3) is 0.625. The molecule has 0 rings (SSSR count). The first-order chi connectivity index (χ1) is 5.81. The fourth-order valence-corrected chi connectivity index (χ4v) is 0.608. The van der Waals surface area contributed by atoms with Gasteiger partial charge in [-0.1, -0.05) is 6.58 Å². The van der Waals surface area contributed by atoms with Crippen LogP contribution in [0.3, 0.4) is 0 Å². The van der Waals surface area contributed by atoms with E-state index in [9.17, 15) is 4.79 Å². The van der Waals surface area contributed by atoms with Gasteiger partial charge in [-0.05, 0) is 12.8 Å². The fourth-order valence-electron chi connectivity index (χ4n) is 0.608. The number of hydrogen-bond acceptors (Lipinski definition) is 3. The van der Waals surface area contributed by atoms with E-state index in [-0.39, 0.29) is 6.09 Å². The van der Waals surface area contributed by atoms with Gasteiger partial charge >= 0.3 is 6.09 Å². The quantitative estimate of drug-likeness (QED) is 0.486. The van der Waals surface area contributed by atoms with Crippen molar-refractivity contribution in [1.82, 2.24) is 5.32 Å². The number of rotatable bonds is 6. The molecule has 0 saturated carbocycles.